The molecule has 1 amide bonds. The van der Waals surface area contributed by atoms with Crippen molar-refractivity contribution in [2.45, 2.75) is 32.4 Å². The molecule has 0 spiro atoms. The minimum absolute atomic E-state index is 0.0467. The van der Waals surface area contributed by atoms with Crippen molar-refractivity contribution >= 4 is 17.5 Å². The van der Waals surface area contributed by atoms with Crippen molar-refractivity contribution in [2.75, 3.05) is 20.2 Å². The third-order valence-electron chi connectivity index (χ3n) is 3.43. The van der Waals surface area contributed by atoms with Crippen molar-refractivity contribution in [3.63, 3.8) is 0 Å². The predicted molar refractivity (Wildman–Crippen MR) is 80.1 cm³/mol. The largest absolute Gasteiger partial charge is 0.483 e. The minimum atomic E-state index is 0.0467. The SMILES string of the molecule is CCN(C(=O)COc1cccc(Cl)c1CNC)C1CC1. The topological polar surface area (TPSA) is 41.6 Å². The second-order valence-corrected chi connectivity index (χ2v) is 5.35. The second kappa shape index (κ2) is 6.95. The molecule has 110 valence electrons. The maximum Gasteiger partial charge on any atom is 0.260 e. The van der Waals surface area contributed by atoms with Crippen molar-refractivity contribution in [1.29, 1.82) is 0 Å². The molecule has 0 atom stereocenters. The van der Waals surface area contributed by atoms with Gasteiger partial charge < -0.3 is 15.0 Å². The molecule has 0 heterocycles. The lowest BCUT2D eigenvalue weighted by Gasteiger charge is -2.21. The average Bonchev–Trinajstić information content (AvgIpc) is 3.25. The van der Waals surface area contributed by atoms with Crippen molar-refractivity contribution in [2.24, 2.45) is 0 Å². The Morgan fingerprint density at radius 2 is 2.25 bits per heavy atom. The van der Waals surface area contributed by atoms with Crippen LogP contribution in [0.15, 0.2) is 18.2 Å². The summed E-state index contributed by atoms with van der Waals surface area (Å²) < 4.78 is 5.68. The maximum atomic E-state index is 12.1. The first-order chi connectivity index (χ1) is 9.67. The Hall–Kier alpha value is -1.26. The van der Waals surface area contributed by atoms with Crippen LogP contribution in [0, 0.1) is 0 Å². The minimum Gasteiger partial charge on any atom is -0.483 e. The highest BCUT2D eigenvalue weighted by atomic mass is 35.5. The number of amides is 1. The zero-order chi connectivity index (χ0) is 14.5. The Labute approximate surface area is 125 Å². The van der Waals surface area contributed by atoms with Gasteiger partial charge in [-0.15, -0.1) is 0 Å². The van der Waals surface area contributed by atoms with Crippen molar-refractivity contribution in [1.82, 2.24) is 10.2 Å². The zero-order valence-electron chi connectivity index (χ0n) is 12.0. The van der Waals surface area contributed by atoms with Gasteiger partial charge in [-0.1, -0.05) is 17.7 Å². The van der Waals surface area contributed by atoms with Gasteiger partial charge in [0.2, 0.25) is 0 Å². The monoisotopic (exact) mass is 296 g/mol. The lowest BCUT2D eigenvalue weighted by Crippen LogP contribution is -2.36. The first kappa shape index (κ1) is 15.1. The standard InChI is InChI=1S/C15H21ClN2O2/c1-3-18(11-7-8-11)15(19)10-20-14-6-4-5-13(16)12(14)9-17-2/h4-6,11,17H,3,7-10H2,1-2H3. The lowest BCUT2D eigenvalue weighted by atomic mass is 10.2. The summed E-state index contributed by atoms with van der Waals surface area (Å²) in [6.07, 6.45) is 2.23. The van der Waals surface area contributed by atoms with Crippen molar-refractivity contribution < 1.29 is 9.53 Å². The third-order valence-corrected chi connectivity index (χ3v) is 3.78. The Balaban J connectivity index is 1.99. The summed E-state index contributed by atoms with van der Waals surface area (Å²) in [6, 6.07) is 5.93. The van der Waals surface area contributed by atoms with Crippen LogP contribution in [0.5, 0.6) is 5.75 Å². The number of halogens is 1. The molecule has 1 aliphatic carbocycles. The molecule has 1 N–H and O–H groups in total. The van der Waals surface area contributed by atoms with E-state index >= 15 is 0 Å². The van der Waals surface area contributed by atoms with Gasteiger partial charge in [-0.05, 0) is 38.9 Å². The Morgan fingerprint density at radius 1 is 1.50 bits per heavy atom. The highest BCUT2D eigenvalue weighted by Crippen LogP contribution is 2.28. The summed E-state index contributed by atoms with van der Waals surface area (Å²) in [5.41, 5.74) is 0.888. The van der Waals surface area contributed by atoms with E-state index in [1.165, 1.54) is 0 Å². The molecule has 1 fully saturated rings. The Bertz CT molecular complexity index is 475. The molecule has 20 heavy (non-hydrogen) atoms. The van der Waals surface area contributed by atoms with Crippen LogP contribution in [0.2, 0.25) is 5.02 Å². The highest BCUT2D eigenvalue weighted by molar-refractivity contribution is 6.31. The van der Waals surface area contributed by atoms with E-state index in [4.69, 9.17) is 16.3 Å². The second-order valence-electron chi connectivity index (χ2n) is 4.95. The summed E-state index contributed by atoms with van der Waals surface area (Å²) >= 11 is 6.16. The molecule has 1 aromatic rings. The van der Waals surface area contributed by atoms with E-state index in [2.05, 4.69) is 5.32 Å². The van der Waals surface area contributed by atoms with Crippen molar-refractivity contribution in [3.8, 4) is 5.75 Å². The van der Waals surface area contributed by atoms with E-state index in [1.54, 1.807) is 0 Å². The van der Waals surface area contributed by atoms with Gasteiger partial charge in [-0.3, -0.25) is 4.79 Å². The molecule has 0 radical (unpaired) electrons. The number of nitrogens with zero attached hydrogens (tertiary/aromatic N) is 1. The van der Waals surface area contributed by atoms with Gasteiger partial charge in [0, 0.05) is 29.7 Å². The van der Waals surface area contributed by atoms with Gasteiger partial charge in [0.05, 0.1) is 0 Å². The number of hydrogen-bond donors (Lipinski definition) is 1. The molecule has 0 aromatic heterocycles. The van der Waals surface area contributed by atoms with E-state index in [0.29, 0.717) is 23.4 Å². The number of carbonyl (C=O) groups is 1. The fourth-order valence-electron chi connectivity index (χ4n) is 2.27. The number of carbonyl (C=O) groups excluding carboxylic acids is 1. The summed E-state index contributed by atoms with van der Waals surface area (Å²) in [7, 11) is 1.85. The van der Waals surface area contributed by atoms with Crippen LogP contribution in [0.25, 0.3) is 0 Å². The molecule has 1 aliphatic rings. The van der Waals surface area contributed by atoms with Gasteiger partial charge in [-0.25, -0.2) is 0 Å². The molecular formula is C15H21ClN2O2. The van der Waals surface area contributed by atoms with E-state index in [-0.39, 0.29) is 12.5 Å². The molecule has 0 aliphatic heterocycles. The number of nitrogens with one attached hydrogen (secondary N) is 1. The molecule has 2 rings (SSSR count). The first-order valence-corrected chi connectivity index (χ1v) is 7.39. The summed E-state index contributed by atoms with van der Waals surface area (Å²) in [5.74, 6) is 0.720. The van der Waals surface area contributed by atoms with Crippen LogP contribution in [0.4, 0.5) is 0 Å². The summed E-state index contributed by atoms with van der Waals surface area (Å²) in [5, 5.41) is 3.71. The van der Waals surface area contributed by atoms with Gasteiger partial charge in [0.1, 0.15) is 5.75 Å². The molecule has 5 heteroatoms. The number of likely N-dealkylation sites (N-methyl/N-ethyl adjacent to an activating group) is 1. The van der Waals surface area contributed by atoms with Crippen LogP contribution < -0.4 is 10.1 Å². The average molecular weight is 297 g/mol. The number of hydrogen-bond acceptors (Lipinski definition) is 3. The van der Waals surface area contributed by atoms with Crippen molar-refractivity contribution in [3.05, 3.63) is 28.8 Å². The van der Waals surface area contributed by atoms with Crippen LogP contribution in [-0.4, -0.2) is 37.0 Å². The lowest BCUT2D eigenvalue weighted by molar-refractivity contribution is -0.133. The van der Waals surface area contributed by atoms with Crippen LogP contribution >= 0.6 is 11.6 Å². The molecule has 0 saturated heterocycles. The van der Waals surface area contributed by atoms with E-state index in [0.717, 1.165) is 24.9 Å². The summed E-state index contributed by atoms with van der Waals surface area (Å²) in [6.45, 7) is 3.43. The normalized spacial score (nSPS) is 14.2. The summed E-state index contributed by atoms with van der Waals surface area (Å²) in [4.78, 5) is 14.0. The number of benzene rings is 1. The van der Waals surface area contributed by atoms with Gasteiger partial charge >= 0.3 is 0 Å². The molecule has 1 aromatic carbocycles. The van der Waals surface area contributed by atoms with E-state index in [9.17, 15) is 4.79 Å². The van der Waals surface area contributed by atoms with Gasteiger partial charge in [-0.2, -0.15) is 0 Å². The molecular weight excluding hydrogens is 276 g/mol. The van der Waals surface area contributed by atoms with Gasteiger partial charge in [0.25, 0.3) is 5.91 Å². The zero-order valence-corrected chi connectivity index (χ0v) is 12.7. The predicted octanol–water partition coefficient (Wildman–Crippen LogP) is 2.45. The van der Waals surface area contributed by atoms with E-state index in [1.807, 2.05) is 37.1 Å². The molecule has 4 nitrogen and oxygen atoms in total. The Kier molecular flexibility index (Phi) is 5.26. The number of rotatable bonds is 7. The van der Waals surface area contributed by atoms with Gasteiger partial charge in [0.15, 0.2) is 6.61 Å². The smallest absolute Gasteiger partial charge is 0.260 e. The quantitative estimate of drug-likeness (QED) is 0.840. The number of ether oxygens (including phenoxy) is 1. The van der Waals surface area contributed by atoms with E-state index < -0.39 is 0 Å². The molecule has 1 saturated carbocycles. The maximum absolute atomic E-state index is 12.1. The first-order valence-electron chi connectivity index (χ1n) is 7.01. The molecule has 0 unspecified atom stereocenters. The van der Waals surface area contributed by atoms with Crippen LogP contribution in [0.3, 0.4) is 0 Å². The fraction of sp³-hybridized carbons (Fsp3) is 0.533. The van der Waals surface area contributed by atoms with Crippen LogP contribution in [-0.2, 0) is 11.3 Å². The third kappa shape index (κ3) is 3.64. The molecule has 0 bridgehead atoms. The van der Waals surface area contributed by atoms with Crippen LogP contribution in [0.1, 0.15) is 25.3 Å². The fourth-order valence-corrected chi connectivity index (χ4v) is 2.50. The Morgan fingerprint density at radius 3 is 2.85 bits per heavy atom. The highest BCUT2D eigenvalue weighted by Gasteiger charge is 2.31.